The van der Waals surface area contributed by atoms with Gasteiger partial charge in [-0.05, 0) is 30.4 Å². The zero-order chi connectivity index (χ0) is 16.8. The Balaban J connectivity index is 2.21. The standard InChI is InChI=1S/C13H11Cl2N5O2S/c1-22-11-6-16-5-10(17-11)12(20-21)19-13(23)18-9-3-2-7(14)4-8(9)15/h2-6,21H,1H3,(H2,18,19,20,23). The van der Waals surface area contributed by atoms with Gasteiger partial charge in [-0.1, -0.05) is 23.2 Å². The first-order valence-electron chi connectivity index (χ1n) is 6.14. The predicted octanol–water partition coefficient (Wildman–Crippen LogP) is 2.91. The van der Waals surface area contributed by atoms with Crippen molar-refractivity contribution in [2.24, 2.45) is 4.99 Å². The monoisotopic (exact) mass is 371 g/mol. The van der Waals surface area contributed by atoms with Crippen molar-refractivity contribution in [1.29, 1.82) is 0 Å². The van der Waals surface area contributed by atoms with E-state index in [1.165, 1.54) is 19.5 Å². The van der Waals surface area contributed by atoms with E-state index in [-0.39, 0.29) is 22.5 Å². The van der Waals surface area contributed by atoms with Gasteiger partial charge in [0.1, 0.15) is 5.69 Å². The lowest BCUT2D eigenvalue weighted by Gasteiger charge is -2.09. The zero-order valence-corrected chi connectivity index (χ0v) is 14.1. The van der Waals surface area contributed by atoms with E-state index >= 15 is 0 Å². The highest BCUT2D eigenvalue weighted by Gasteiger charge is 2.09. The molecular weight excluding hydrogens is 361 g/mol. The largest absolute Gasteiger partial charge is 0.480 e. The van der Waals surface area contributed by atoms with E-state index in [2.05, 4.69) is 20.3 Å². The minimum absolute atomic E-state index is 0.000939. The molecule has 1 aromatic carbocycles. The maximum absolute atomic E-state index is 9.23. The zero-order valence-electron chi connectivity index (χ0n) is 11.7. The van der Waals surface area contributed by atoms with Crippen LogP contribution in [0, 0.1) is 0 Å². The van der Waals surface area contributed by atoms with Gasteiger partial charge >= 0.3 is 0 Å². The van der Waals surface area contributed by atoms with Crippen molar-refractivity contribution in [3.05, 3.63) is 46.3 Å². The summed E-state index contributed by atoms with van der Waals surface area (Å²) in [5, 5.41) is 13.0. The van der Waals surface area contributed by atoms with Gasteiger partial charge in [-0.15, -0.1) is 0 Å². The first kappa shape index (κ1) is 17.4. The molecule has 0 aliphatic heterocycles. The first-order chi connectivity index (χ1) is 11.0. The fourth-order valence-electron chi connectivity index (χ4n) is 1.54. The highest BCUT2D eigenvalue weighted by atomic mass is 35.5. The van der Waals surface area contributed by atoms with E-state index < -0.39 is 0 Å². The summed E-state index contributed by atoms with van der Waals surface area (Å²) in [6, 6.07) is 4.88. The third-order valence-corrected chi connectivity index (χ3v) is 3.30. The number of amidine groups is 1. The van der Waals surface area contributed by atoms with Crippen molar-refractivity contribution >= 4 is 52.1 Å². The number of halogens is 2. The smallest absolute Gasteiger partial charge is 0.232 e. The quantitative estimate of drug-likeness (QED) is 0.330. The van der Waals surface area contributed by atoms with E-state index in [1.54, 1.807) is 18.2 Å². The SMILES string of the molecule is COc1cncc(/C(=N/C(=S)Nc2ccc(Cl)cc2Cl)NO)n1. The second-order valence-electron chi connectivity index (χ2n) is 4.07. The van der Waals surface area contributed by atoms with E-state index in [0.29, 0.717) is 15.7 Å². The summed E-state index contributed by atoms with van der Waals surface area (Å²) in [6.45, 7) is 0. The molecule has 0 amide bonds. The van der Waals surface area contributed by atoms with Gasteiger partial charge in [0.2, 0.25) is 5.88 Å². The van der Waals surface area contributed by atoms with Crippen molar-refractivity contribution in [3.8, 4) is 5.88 Å². The number of hydrogen-bond donors (Lipinski definition) is 3. The molecule has 0 spiro atoms. The molecule has 7 nitrogen and oxygen atoms in total. The number of benzene rings is 1. The van der Waals surface area contributed by atoms with Crippen molar-refractivity contribution in [1.82, 2.24) is 15.4 Å². The number of ether oxygens (including phenoxy) is 1. The van der Waals surface area contributed by atoms with E-state index in [9.17, 15) is 5.21 Å². The summed E-state index contributed by atoms with van der Waals surface area (Å²) in [6.07, 6.45) is 2.81. The molecular formula is C13H11Cl2N5O2S. The van der Waals surface area contributed by atoms with Crippen LogP contribution in [0.2, 0.25) is 10.0 Å². The summed E-state index contributed by atoms with van der Waals surface area (Å²) < 4.78 is 4.96. The van der Waals surface area contributed by atoms with Crippen LogP contribution in [0.5, 0.6) is 5.88 Å². The lowest BCUT2D eigenvalue weighted by atomic mass is 10.3. The van der Waals surface area contributed by atoms with Gasteiger partial charge in [-0.2, -0.15) is 4.99 Å². The minimum Gasteiger partial charge on any atom is -0.480 e. The van der Waals surface area contributed by atoms with E-state index in [1.807, 2.05) is 5.48 Å². The molecule has 23 heavy (non-hydrogen) atoms. The molecule has 0 aliphatic carbocycles. The third kappa shape index (κ3) is 4.73. The first-order valence-corrected chi connectivity index (χ1v) is 7.31. The predicted molar refractivity (Wildman–Crippen MR) is 92.7 cm³/mol. The molecule has 2 aromatic rings. The Morgan fingerprint density at radius 1 is 1.35 bits per heavy atom. The van der Waals surface area contributed by atoms with Crippen molar-refractivity contribution in [3.63, 3.8) is 0 Å². The van der Waals surface area contributed by atoms with Crippen LogP contribution < -0.4 is 15.5 Å². The van der Waals surface area contributed by atoms with Crippen molar-refractivity contribution in [2.75, 3.05) is 12.4 Å². The number of nitrogens with zero attached hydrogens (tertiary/aromatic N) is 3. The van der Waals surface area contributed by atoms with Crippen LogP contribution in [0.3, 0.4) is 0 Å². The highest BCUT2D eigenvalue weighted by Crippen LogP contribution is 2.25. The number of methoxy groups -OCH3 is 1. The van der Waals surface area contributed by atoms with Crippen LogP contribution in [0.1, 0.15) is 5.69 Å². The summed E-state index contributed by atoms with van der Waals surface area (Å²) in [4.78, 5) is 12.0. The third-order valence-electron chi connectivity index (χ3n) is 2.56. The molecule has 0 saturated carbocycles. The van der Waals surface area contributed by atoms with E-state index in [4.69, 9.17) is 40.2 Å². The lowest BCUT2D eigenvalue weighted by Crippen LogP contribution is -2.24. The van der Waals surface area contributed by atoms with Gasteiger partial charge < -0.3 is 10.1 Å². The maximum atomic E-state index is 9.23. The van der Waals surface area contributed by atoms with E-state index in [0.717, 1.165) is 0 Å². The number of thiocarbonyl (C=S) groups is 1. The molecule has 2 rings (SSSR count). The molecule has 0 fully saturated rings. The fraction of sp³-hybridized carbons (Fsp3) is 0.0769. The molecule has 3 N–H and O–H groups in total. The van der Waals surface area contributed by atoms with Gasteiger partial charge in [-0.25, -0.2) is 4.98 Å². The van der Waals surface area contributed by atoms with Crippen molar-refractivity contribution in [2.45, 2.75) is 0 Å². The second kappa shape index (κ2) is 8.02. The Bertz CT molecular complexity index is 757. The van der Waals surface area contributed by atoms with Crippen LogP contribution in [0.25, 0.3) is 0 Å². The molecule has 0 bridgehead atoms. The topological polar surface area (TPSA) is 91.7 Å². The van der Waals surface area contributed by atoms with Crippen LogP contribution in [-0.2, 0) is 0 Å². The summed E-state index contributed by atoms with van der Waals surface area (Å²) in [5.41, 5.74) is 2.70. The Kier molecular flexibility index (Phi) is 6.05. The van der Waals surface area contributed by atoms with Crippen LogP contribution in [0.15, 0.2) is 35.6 Å². The molecule has 0 radical (unpaired) electrons. The number of hydrogen-bond acceptors (Lipinski definition) is 5. The number of nitrogens with one attached hydrogen (secondary N) is 2. The number of hydroxylamine groups is 1. The Labute approximate surface area is 147 Å². The van der Waals surface area contributed by atoms with Gasteiger partial charge in [-0.3, -0.25) is 15.7 Å². The molecule has 10 heteroatoms. The molecule has 0 unspecified atom stereocenters. The van der Waals surface area contributed by atoms with Gasteiger partial charge in [0, 0.05) is 5.02 Å². The van der Waals surface area contributed by atoms with Crippen LogP contribution in [-0.4, -0.2) is 33.2 Å². The maximum Gasteiger partial charge on any atom is 0.232 e. The normalized spacial score (nSPS) is 11.0. The average Bonchev–Trinajstić information content (AvgIpc) is 2.55. The Hall–Kier alpha value is -2.00. The number of rotatable bonds is 3. The lowest BCUT2D eigenvalue weighted by molar-refractivity contribution is 0.235. The number of aromatic nitrogens is 2. The van der Waals surface area contributed by atoms with Crippen LogP contribution in [0.4, 0.5) is 5.69 Å². The molecule has 0 aliphatic rings. The Morgan fingerprint density at radius 3 is 2.78 bits per heavy atom. The summed E-state index contributed by atoms with van der Waals surface area (Å²) in [5.74, 6) is 0.268. The number of aliphatic imine (C=N–C) groups is 1. The molecule has 1 aromatic heterocycles. The fourth-order valence-corrected chi connectivity index (χ4v) is 2.19. The van der Waals surface area contributed by atoms with Crippen molar-refractivity contribution < 1.29 is 9.94 Å². The van der Waals surface area contributed by atoms with Crippen LogP contribution >= 0.6 is 35.4 Å². The summed E-state index contributed by atoms with van der Waals surface area (Å²) in [7, 11) is 1.45. The highest BCUT2D eigenvalue weighted by molar-refractivity contribution is 7.80. The van der Waals surface area contributed by atoms with Gasteiger partial charge in [0.05, 0.1) is 30.2 Å². The second-order valence-corrected chi connectivity index (χ2v) is 5.30. The average molecular weight is 372 g/mol. The molecule has 0 atom stereocenters. The molecule has 0 saturated heterocycles. The number of anilines is 1. The molecule has 120 valence electrons. The molecule has 1 heterocycles. The minimum atomic E-state index is -0.000939. The Morgan fingerprint density at radius 2 is 2.13 bits per heavy atom. The summed E-state index contributed by atoms with van der Waals surface area (Å²) >= 11 is 17.0. The van der Waals surface area contributed by atoms with Gasteiger partial charge in [0.25, 0.3) is 0 Å². The van der Waals surface area contributed by atoms with Gasteiger partial charge in [0.15, 0.2) is 10.9 Å².